The van der Waals surface area contributed by atoms with Gasteiger partial charge in [0, 0.05) is 12.0 Å². The van der Waals surface area contributed by atoms with Crippen molar-refractivity contribution in [3.63, 3.8) is 0 Å². The van der Waals surface area contributed by atoms with E-state index >= 15 is 0 Å². The van der Waals surface area contributed by atoms with Crippen molar-refractivity contribution in [3.05, 3.63) is 11.6 Å². The summed E-state index contributed by atoms with van der Waals surface area (Å²) < 4.78 is 0. The summed E-state index contributed by atoms with van der Waals surface area (Å²) in [6.45, 7) is 1.67. The summed E-state index contributed by atoms with van der Waals surface area (Å²) in [5.41, 5.74) is 0.666. The number of hydrogen-bond donors (Lipinski definition) is 1. The van der Waals surface area contributed by atoms with Crippen molar-refractivity contribution in [2.24, 2.45) is 0 Å². The van der Waals surface area contributed by atoms with Crippen LogP contribution < -0.4 is 0 Å². The lowest BCUT2D eigenvalue weighted by atomic mass is 10.3. The zero-order valence-corrected chi connectivity index (χ0v) is 5.27. The van der Waals surface area contributed by atoms with Gasteiger partial charge in [0.1, 0.15) is 0 Å². The van der Waals surface area contributed by atoms with E-state index in [0.29, 0.717) is 5.57 Å². The molecule has 2 nitrogen and oxygen atoms in total. The van der Waals surface area contributed by atoms with Gasteiger partial charge in [-0.15, -0.1) is 11.6 Å². The lowest BCUT2D eigenvalue weighted by Gasteiger charge is -1.85. The van der Waals surface area contributed by atoms with Crippen LogP contribution in [0.2, 0.25) is 0 Å². The first-order valence-electron chi connectivity index (χ1n) is 2.13. The molecule has 0 unspecified atom stereocenters. The molecule has 0 spiro atoms. The van der Waals surface area contributed by atoms with E-state index in [1.165, 1.54) is 0 Å². The highest BCUT2D eigenvalue weighted by atomic mass is 35.5. The standard InChI is InChI=1S/C5H7ClO2/c1-4(3-6)2-5(7)8/h2H,3H2,1H3,(H,7,8)/b4-2+. The van der Waals surface area contributed by atoms with Crippen LogP contribution in [0.25, 0.3) is 0 Å². The van der Waals surface area contributed by atoms with Crippen LogP contribution >= 0.6 is 11.6 Å². The van der Waals surface area contributed by atoms with Crippen LogP contribution in [0.15, 0.2) is 11.6 Å². The van der Waals surface area contributed by atoms with Gasteiger partial charge in [-0.1, -0.05) is 5.57 Å². The van der Waals surface area contributed by atoms with Gasteiger partial charge in [-0.05, 0) is 6.92 Å². The van der Waals surface area contributed by atoms with Crippen LogP contribution in [0.3, 0.4) is 0 Å². The fraction of sp³-hybridized carbons (Fsp3) is 0.400. The zero-order chi connectivity index (χ0) is 6.57. The Morgan fingerprint density at radius 2 is 2.38 bits per heavy atom. The Bertz CT molecular complexity index is 118. The summed E-state index contributed by atoms with van der Waals surface area (Å²) in [4.78, 5) is 9.83. The fourth-order valence-electron chi connectivity index (χ4n) is 0.249. The monoisotopic (exact) mass is 134 g/mol. The molecule has 0 radical (unpaired) electrons. The van der Waals surface area contributed by atoms with Crippen molar-refractivity contribution in [2.75, 3.05) is 5.88 Å². The molecule has 0 rings (SSSR count). The molecule has 0 fully saturated rings. The Morgan fingerprint density at radius 1 is 1.88 bits per heavy atom. The third-order valence-electron chi connectivity index (χ3n) is 0.581. The molecule has 0 aromatic rings. The molecule has 0 aliphatic carbocycles. The zero-order valence-electron chi connectivity index (χ0n) is 4.52. The SMILES string of the molecule is C/C(=C\C(=O)O)CCl. The number of carboxylic acids is 1. The first-order valence-corrected chi connectivity index (χ1v) is 2.66. The maximum atomic E-state index is 9.83. The van der Waals surface area contributed by atoms with E-state index in [1.54, 1.807) is 6.92 Å². The number of rotatable bonds is 2. The van der Waals surface area contributed by atoms with Crippen LogP contribution in [0.1, 0.15) is 6.92 Å². The first kappa shape index (κ1) is 7.50. The molecule has 1 N–H and O–H groups in total. The highest BCUT2D eigenvalue weighted by molar-refractivity contribution is 6.19. The predicted molar refractivity (Wildman–Crippen MR) is 32.1 cm³/mol. The molecule has 0 amide bonds. The van der Waals surface area contributed by atoms with E-state index in [4.69, 9.17) is 16.7 Å². The van der Waals surface area contributed by atoms with Gasteiger partial charge < -0.3 is 5.11 Å². The normalized spacial score (nSPS) is 11.5. The molecule has 0 saturated heterocycles. The second-order valence-electron chi connectivity index (χ2n) is 1.46. The Hall–Kier alpha value is -0.500. The highest BCUT2D eigenvalue weighted by Gasteiger charge is 1.89. The average Bonchev–Trinajstić information content (AvgIpc) is 1.65. The molecule has 3 heteroatoms. The minimum absolute atomic E-state index is 0.284. The molecular weight excluding hydrogens is 128 g/mol. The molecule has 0 bridgehead atoms. The Kier molecular flexibility index (Phi) is 3.28. The molecular formula is C5H7ClO2. The largest absolute Gasteiger partial charge is 0.478 e. The smallest absolute Gasteiger partial charge is 0.328 e. The third kappa shape index (κ3) is 3.68. The number of carboxylic acid groups (broad SMARTS) is 1. The van der Waals surface area contributed by atoms with Gasteiger partial charge >= 0.3 is 5.97 Å². The van der Waals surface area contributed by atoms with Gasteiger partial charge in [0.2, 0.25) is 0 Å². The van der Waals surface area contributed by atoms with Gasteiger partial charge in [0.25, 0.3) is 0 Å². The second kappa shape index (κ2) is 3.50. The number of hydrogen-bond acceptors (Lipinski definition) is 1. The molecule has 0 heterocycles. The fourth-order valence-corrected chi connectivity index (χ4v) is 0.327. The molecule has 8 heavy (non-hydrogen) atoms. The van der Waals surface area contributed by atoms with Crippen molar-refractivity contribution < 1.29 is 9.90 Å². The van der Waals surface area contributed by atoms with Crippen LogP contribution in [0.5, 0.6) is 0 Å². The van der Waals surface area contributed by atoms with Gasteiger partial charge in [0.15, 0.2) is 0 Å². The summed E-state index contributed by atoms with van der Waals surface area (Å²) in [6.07, 6.45) is 1.09. The summed E-state index contributed by atoms with van der Waals surface area (Å²) in [5, 5.41) is 8.08. The lowest BCUT2D eigenvalue weighted by molar-refractivity contribution is -0.131. The Labute approximate surface area is 52.8 Å². The van der Waals surface area contributed by atoms with Crippen LogP contribution in [0, 0.1) is 0 Å². The van der Waals surface area contributed by atoms with Crippen molar-refractivity contribution >= 4 is 17.6 Å². The van der Waals surface area contributed by atoms with Gasteiger partial charge in [-0.2, -0.15) is 0 Å². The molecule has 0 aliphatic rings. The van der Waals surface area contributed by atoms with Crippen molar-refractivity contribution in [3.8, 4) is 0 Å². The quantitative estimate of drug-likeness (QED) is 0.456. The maximum Gasteiger partial charge on any atom is 0.328 e. The van der Waals surface area contributed by atoms with Crippen molar-refractivity contribution in [2.45, 2.75) is 6.92 Å². The number of carbonyl (C=O) groups is 1. The van der Waals surface area contributed by atoms with Gasteiger partial charge in [0.05, 0.1) is 0 Å². The molecule has 0 saturated carbocycles. The minimum atomic E-state index is -0.942. The van der Waals surface area contributed by atoms with E-state index in [2.05, 4.69) is 0 Å². The van der Waals surface area contributed by atoms with Crippen LogP contribution in [-0.2, 0) is 4.79 Å². The average molecular weight is 135 g/mol. The number of halogens is 1. The molecule has 0 aromatic heterocycles. The predicted octanol–water partition coefficient (Wildman–Crippen LogP) is 1.26. The minimum Gasteiger partial charge on any atom is -0.478 e. The third-order valence-corrected chi connectivity index (χ3v) is 1.00. The van der Waals surface area contributed by atoms with Crippen LogP contribution in [-0.4, -0.2) is 17.0 Å². The van der Waals surface area contributed by atoms with Crippen molar-refractivity contribution in [1.82, 2.24) is 0 Å². The van der Waals surface area contributed by atoms with E-state index in [-0.39, 0.29) is 5.88 Å². The molecule has 0 aromatic carbocycles. The number of aliphatic carboxylic acids is 1. The first-order chi connectivity index (χ1) is 3.66. The number of allylic oxidation sites excluding steroid dienone is 1. The van der Waals surface area contributed by atoms with Crippen molar-refractivity contribution in [1.29, 1.82) is 0 Å². The van der Waals surface area contributed by atoms with E-state index in [9.17, 15) is 4.79 Å². The summed E-state index contributed by atoms with van der Waals surface area (Å²) in [5.74, 6) is -0.658. The lowest BCUT2D eigenvalue weighted by Crippen LogP contribution is -1.89. The van der Waals surface area contributed by atoms with E-state index in [1.807, 2.05) is 0 Å². The Balaban J connectivity index is 3.75. The summed E-state index contributed by atoms with van der Waals surface area (Å²) in [7, 11) is 0. The number of alkyl halides is 1. The van der Waals surface area contributed by atoms with E-state index < -0.39 is 5.97 Å². The highest BCUT2D eigenvalue weighted by Crippen LogP contribution is 1.93. The van der Waals surface area contributed by atoms with Gasteiger partial charge in [-0.3, -0.25) is 0 Å². The van der Waals surface area contributed by atoms with Gasteiger partial charge in [-0.25, -0.2) is 4.79 Å². The second-order valence-corrected chi connectivity index (χ2v) is 1.73. The molecule has 0 aliphatic heterocycles. The molecule has 0 atom stereocenters. The molecule has 46 valence electrons. The Morgan fingerprint density at radius 3 is 2.50 bits per heavy atom. The summed E-state index contributed by atoms with van der Waals surface area (Å²) in [6, 6.07) is 0. The van der Waals surface area contributed by atoms with E-state index in [0.717, 1.165) is 6.08 Å². The summed E-state index contributed by atoms with van der Waals surface area (Å²) >= 11 is 5.26. The maximum absolute atomic E-state index is 9.83. The topological polar surface area (TPSA) is 37.3 Å². The van der Waals surface area contributed by atoms with Crippen LogP contribution in [0.4, 0.5) is 0 Å².